The van der Waals surface area contributed by atoms with Crippen LogP contribution >= 0.6 is 11.3 Å². The van der Waals surface area contributed by atoms with Crippen LogP contribution in [0.4, 0.5) is 0 Å². The number of rotatable bonds is 5. The molecule has 1 amide bonds. The van der Waals surface area contributed by atoms with Gasteiger partial charge in [0.25, 0.3) is 0 Å². The molecular formula is C25H22N4O2S. The van der Waals surface area contributed by atoms with Gasteiger partial charge in [-0.25, -0.2) is 9.69 Å². The van der Waals surface area contributed by atoms with Gasteiger partial charge in [0, 0.05) is 36.2 Å². The van der Waals surface area contributed by atoms with Crippen LogP contribution in [0.2, 0.25) is 0 Å². The van der Waals surface area contributed by atoms with Crippen molar-refractivity contribution in [3.63, 3.8) is 0 Å². The molecule has 32 heavy (non-hydrogen) atoms. The van der Waals surface area contributed by atoms with Gasteiger partial charge >= 0.3 is 0 Å². The lowest BCUT2D eigenvalue weighted by molar-refractivity contribution is -0.130. The van der Waals surface area contributed by atoms with Crippen molar-refractivity contribution in [3.8, 4) is 22.7 Å². The number of carbonyl (C=O) groups is 1. The standard InChI is InChI=1S/C25H22N4O2S/c1-17(30)29-24(14-23(26-29)19-12-13-32-16-19)22-15-28(20-6-4-3-5-7-20)27-25(22)18-8-10-21(31-2)11-9-18/h3-13,15-16,24H,14H2,1-2H3/t24-/m0/s1. The first-order chi connectivity index (χ1) is 15.6. The van der Waals surface area contributed by atoms with Gasteiger partial charge in [-0.2, -0.15) is 21.5 Å². The van der Waals surface area contributed by atoms with Crippen molar-refractivity contribution in [1.29, 1.82) is 0 Å². The van der Waals surface area contributed by atoms with E-state index in [1.54, 1.807) is 30.4 Å². The van der Waals surface area contributed by atoms with Gasteiger partial charge in [0.2, 0.25) is 5.91 Å². The Morgan fingerprint density at radius 3 is 2.50 bits per heavy atom. The summed E-state index contributed by atoms with van der Waals surface area (Å²) in [5.41, 5.74) is 5.69. The summed E-state index contributed by atoms with van der Waals surface area (Å²) in [5.74, 6) is 0.695. The number of amides is 1. The maximum Gasteiger partial charge on any atom is 0.240 e. The first-order valence-electron chi connectivity index (χ1n) is 10.3. The molecule has 7 heteroatoms. The maximum absolute atomic E-state index is 12.5. The van der Waals surface area contributed by atoms with Crippen LogP contribution in [0.25, 0.3) is 16.9 Å². The van der Waals surface area contributed by atoms with E-state index >= 15 is 0 Å². The SMILES string of the molecule is COc1ccc(-c2nn(-c3ccccc3)cc2[C@@H]2CC(c3ccsc3)=NN2C(C)=O)cc1. The van der Waals surface area contributed by atoms with Crippen LogP contribution in [0.1, 0.15) is 30.5 Å². The zero-order valence-corrected chi connectivity index (χ0v) is 18.6. The Balaban J connectivity index is 1.61. The quantitative estimate of drug-likeness (QED) is 0.421. The van der Waals surface area contributed by atoms with Crippen LogP contribution in [0.15, 0.2) is 82.7 Å². The number of hydrogen-bond acceptors (Lipinski definition) is 5. The number of methoxy groups -OCH3 is 1. The molecule has 0 bridgehead atoms. The molecule has 0 spiro atoms. The number of para-hydroxylation sites is 1. The molecule has 1 atom stereocenters. The normalized spacial score (nSPS) is 15.6. The zero-order valence-electron chi connectivity index (χ0n) is 17.8. The first kappa shape index (κ1) is 20.2. The predicted molar refractivity (Wildman–Crippen MR) is 126 cm³/mol. The van der Waals surface area contributed by atoms with Crippen molar-refractivity contribution in [1.82, 2.24) is 14.8 Å². The summed E-state index contributed by atoms with van der Waals surface area (Å²) >= 11 is 1.63. The van der Waals surface area contributed by atoms with Gasteiger partial charge in [-0.3, -0.25) is 4.79 Å². The van der Waals surface area contributed by atoms with E-state index in [1.807, 2.05) is 76.9 Å². The summed E-state index contributed by atoms with van der Waals surface area (Å²) in [6.45, 7) is 1.56. The van der Waals surface area contributed by atoms with Crippen molar-refractivity contribution in [3.05, 3.63) is 88.7 Å². The van der Waals surface area contributed by atoms with E-state index in [-0.39, 0.29) is 11.9 Å². The monoisotopic (exact) mass is 442 g/mol. The van der Waals surface area contributed by atoms with Gasteiger partial charge in [0.05, 0.1) is 30.2 Å². The second-order valence-electron chi connectivity index (χ2n) is 7.58. The van der Waals surface area contributed by atoms with E-state index in [2.05, 4.69) is 10.5 Å². The van der Waals surface area contributed by atoms with E-state index in [1.165, 1.54) is 0 Å². The van der Waals surface area contributed by atoms with Gasteiger partial charge in [-0.05, 0) is 53.2 Å². The van der Waals surface area contributed by atoms with Gasteiger partial charge in [0.15, 0.2) is 0 Å². The molecule has 4 aromatic rings. The van der Waals surface area contributed by atoms with Crippen molar-refractivity contribution in [2.45, 2.75) is 19.4 Å². The number of nitrogens with zero attached hydrogens (tertiary/aromatic N) is 4. The first-order valence-corrected chi connectivity index (χ1v) is 11.3. The Hall–Kier alpha value is -3.71. The Morgan fingerprint density at radius 1 is 1.06 bits per heavy atom. The third-order valence-electron chi connectivity index (χ3n) is 5.57. The minimum Gasteiger partial charge on any atom is -0.497 e. The second-order valence-corrected chi connectivity index (χ2v) is 8.36. The van der Waals surface area contributed by atoms with Crippen molar-refractivity contribution < 1.29 is 9.53 Å². The average Bonchev–Trinajstić information content (AvgIpc) is 3.58. The minimum atomic E-state index is -0.225. The summed E-state index contributed by atoms with van der Waals surface area (Å²) in [7, 11) is 1.65. The van der Waals surface area contributed by atoms with E-state index in [0.717, 1.165) is 39.5 Å². The predicted octanol–water partition coefficient (Wildman–Crippen LogP) is 5.31. The maximum atomic E-state index is 12.5. The molecule has 0 unspecified atom stereocenters. The molecule has 1 aliphatic rings. The van der Waals surface area contributed by atoms with Gasteiger partial charge in [0.1, 0.15) is 5.75 Å². The highest BCUT2D eigenvalue weighted by molar-refractivity contribution is 7.08. The lowest BCUT2D eigenvalue weighted by Gasteiger charge is -2.20. The molecule has 2 aromatic heterocycles. The molecular weight excluding hydrogens is 420 g/mol. The lowest BCUT2D eigenvalue weighted by Crippen LogP contribution is -2.24. The average molecular weight is 443 g/mol. The van der Waals surface area contributed by atoms with Crippen LogP contribution < -0.4 is 4.74 Å². The number of hydrogen-bond donors (Lipinski definition) is 0. The van der Waals surface area contributed by atoms with E-state index < -0.39 is 0 Å². The van der Waals surface area contributed by atoms with Gasteiger partial charge in [-0.1, -0.05) is 18.2 Å². The molecule has 0 saturated heterocycles. The van der Waals surface area contributed by atoms with Gasteiger partial charge < -0.3 is 4.74 Å². The highest BCUT2D eigenvalue weighted by Crippen LogP contribution is 2.38. The summed E-state index contributed by atoms with van der Waals surface area (Å²) in [6.07, 6.45) is 2.65. The minimum absolute atomic E-state index is 0.0895. The van der Waals surface area contributed by atoms with Crippen molar-refractivity contribution in [2.75, 3.05) is 7.11 Å². The molecule has 0 saturated carbocycles. The zero-order chi connectivity index (χ0) is 22.1. The molecule has 160 valence electrons. The summed E-state index contributed by atoms with van der Waals surface area (Å²) < 4.78 is 7.19. The molecule has 6 nitrogen and oxygen atoms in total. The fourth-order valence-electron chi connectivity index (χ4n) is 3.96. The topological polar surface area (TPSA) is 59.7 Å². The number of carbonyl (C=O) groups excluding carboxylic acids is 1. The smallest absolute Gasteiger partial charge is 0.240 e. The van der Waals surface area contributed by atoms with E-state index in [9.17, 15) is 4.79 Å². The fraction of sp³-hybridized carbons (Fsp3) is 0.160. The summed E-state index contributed by atoms with van der Waals surface area (Å²) in [6, 6.07) is 19.6. The van der Waals surface area contributed by atoms with Gasteiger partial charge in [-0.15, -0.1) is 0 Å². The fourth-order valence-corrected chi connectivity index (χ4v) is 4.63. The number of aromatic nitrogens is 2. The Kier molecular flexibility index (Phi) is 5.33. The molecule has 0 fully saturated rings. The number of ether oxygens (including phenoxy) is 1. The number of hydrazone groups is 1. The Labute approximate surface area is 190 Å². The molecule has 0 radical (unpaired) electrons. The molecule has 0 aliphatic carbocycles. The Morgan fingerprint density at radius 2 is 1.84 bits per heavy atom. The number of thiophene rings is 1. The lowest BCUT2D eigenvalue weighted by atomic mass is 9.97. The van der Waals surface area contributed by atoms with Crippen molar-refractivity contribution in [2.24, 2.45) is 5.10 Å². The summed E-state index contributed by atoms with van der Waals surface area (Å²) in [5, 5.41) is 15.3. The largest absolute Gasteiger partial charge is 0.497 e. The van der Waals surface area contributed by atoms with Crippen LogP contribution in [0.3, 0.4) is 0 Å². The molecule has 3 heterocycles. The summed E-state index contributed by atoms with van der Waals surface area (Å²) in [4.78, 5) is 12.5. The highest BCUT2D eigenvalue weighted by Gasteiger charge is 2.34. The highest BCUT2D eigenvalue weighted by atomic mass is 32.1. The molecule has 0 N–H and O–H groups in total. The third kappa shape index (κ3) is 3.71. The molecule has 5 rings (SSSR count). The van der Waals surface area contributed by atoms with E-state index in [4.69, 9.17) is 9.84 Å². The second kappa shape index (κ2) is 8.43. The molecule has 2 aromatic carbocycles. The van der Waals surface area contributed by atoms with E-state index in [0.29, 0.717) is 6.42 Å². The van der Waals surface area contributed by atoms with Crippen molar-refractivity contribution >= 4 is 23.0 Å². The van der Waals surface area contributed by atoms with Crippen LogP contribution in [0.5, 0.6) is 5.75 Å². The van der Waals surface area contributed by atoms with Crippen LogP contribution in [-0.2, 0) is 4.79 Å². The molecule has 1 aliphatic heterocycles. The van der Waals surface area contributed by atoms with Crippen LogP contribution in [-0.4, -0.2) is 33.5 Å². The van der Waals surface area contributed by atoms with Crippen LogP contribution in [0, 0.1) is 0 Å². The third-order valence-corrected chi connectivity index (χ3v) is 6.26. The Bertz CT molecular complexity index is 1260. The number of benzene rings is 2.